The summed E-state index contributed by atoms with van der Waals surface area (Å²) in [6, 6.07) is 14.6. The van der Waals surface area contributed by atoms with Gasteiger partial charge in [-0.1, -0.05) is 32.6 Å². The lowest BCUT2D eigenvalue weighted by Gasteiger charge is -2.07. The topological polar surface area (TPSA) is 56.9 Å². The molecule has 2 rings (SSSR count). The largest absolute Gasteiger partial charge is 0.518 e. The van der Waals surface area contributed by atoms with Gasteiger partial charge in [-0.3, -0.25) is 9.53 Å². The molecule has 1 N–H and O–H groups in total. The molecule has 0 aliphatic carbocycles. The molecule has 4 heteroatoms. The first-order chi connectivity index (χ1) is 11.4. The Hall–Kier alpha value is -2.88. The van der Waals surface area contributed by atoms with Gasteiger partial charge >= 0.3 is 11.9 Å². The molecular weight excluding hydrogens is 304 g/mol. The highest BCUT2D eigenvalue weighted by molar-refractivity contribution is 5.89. The summed E-state index contributed by atoms with van der Waals surface area (Å²) in [5, 5.41) is 0. The van der Waals surface area contributed by atoms with Gasteiger partial charge in [0.05, 0.1) is 11.5 Å². The lowest BCUT2D eigenvalue weighted by Crippen LogP contribution is -2.14. The van der Waals surface area contributed by atoms with Crippen molar-refractivity contribution in [2.45, 2.75) is 20.8 Å². The second-order valence-electron chi connectivity index (χ2n) is 5.81. The lowest BCUT2D eigenvalue weighted by molar-refractivity contribution is -0.137. The van der Waals surface area contributed by atoms with Crippen LogP contribution in [0.4, 0.5) is 0 Å². The molecule has 0 aliphatic rings. The van der Waals surface area contributed by atoms with E-state index in [1.165, 1.54) is 0 Å². The molecule has 124 valence electrons. The standard InChI is InChI=1S/C20H20O4/c1-13(2)19(21)23-17-9-5-15(6-10-17)16-7-11-18(12-8-16)24-20(22)14(3)4/h5-12,14H,1H2,2-4H3/p+1. The Bertz CT molecular complexity index is 740. The molecule has 4 nitrogen and oxygen atoms in total. The highest BCUT2D eigenvalue weighted by Crippen LogP contribution is 2.25. The number of carbonyl (C=O) groups excluding carboxylic acids is 2. The van der Waals surface area contributed by atoms with E-state index in [-0.39, 0.29) is 17.9 Å². The molecule has 0 saturated carbocycles. The van der Waals surface area contributed by atoms with Crippen LogP contribution in [0.5, 0.6) is 11.5 Å². The summed E-state index contributed by atoms with van der Waals surface area (Å²) in [4.78, 5) is 21.1. The summed E-state index contributed by atoms with van der Waals surface area (Å²) in [7, 11) is 0. The number of ether oxygens (including phenoxy) is 2. The van der Waals surface area contributed by atoms with E-state index < -0.39 is 0 Å². The molecule has 0 amide bonds. The quantitative estimate of drug-likeness (QED) is 0.355. The van der Waals surface area contributed by atoms with Crippen molar-refractivity contribution in [3.63, 3.8) is 0 Å². The molecule has 0 saturated heterocycles. The van der Waals surface area contributed by atoms with Gasteiger partial charge in [0.25, 0.3) is 0 Å². The van der Waals surface area contributed by atoms with Gasteiger partial charge in [-0.15, -0.1) is 0 Å². The Morgan fingerprint density at radius 3 is 1.71 bits per heavy atom. The van der Waals surface area contributed by atoms with Gasteiger partial charge in [-0.25, -0.2) is 0 Å². The molecule has 0 fully saturated rings. The van der Waals surface area contributed by atoms with Crippen LogP contribution in [0.1, 0.15) is 20.8 Å². The average Bonchev–Trinajstić information content (AvgIpc) is 2.56. The molecule has 0 aliphatic heterocycles. The van der Waals surface area contributed by atoms with Gasteiger partial charge in [-0.05, 0) is 42.3 Å². The van der Waals surface area contributed by atoms with E-state index in [9.17, 15) is 9.59 Å². The average molecular weight is 325 g/mol. The predicted octanol–water partition coefficient (Wildman–Crippen LogP) is 4.37. The number of rotatable bonds is 5. The number of hydrogen-bond acceptors (Lipinski definition) is 3. The molecule has 24 heavy (non-hydrogen) atoms. The summed E-state index contributed by atoms with van der Waals surface area (Å²) in [6.07, 6.45) is 0. The van der Waals surface area contributed by atoms with Crippen molar-refractivity contribution in [3.05, 3.63) is 60.7 Å². The van der Waals surface area contributed by atoms with E-state index in [2.05, 4.69) is 6.58 Å². The number of hydrogen-bond donors (Lipinski definition) is 0. The van der Waals surface area contributed by atoms with Crippen molar-refractivity contribution < 1.29 is 19.1 Å². The predicted molar refractivity (Wildman–Crippen MR) is 94.7 cm³/mol. The molecule has 0 heterocycles. The fourth-order valence-electron chi connectivity index (χ4n) is 1.86. The minimum atomic E-state index is -0.252. The van der Waals surface area contributed by atoms with Gasteiger partial charge in [0.2, 0.25) is 5.75 Å². The fourth-order valence-corrected chi connectivity index (χ4v) is 1.86. The third-order valence-corrected chi connectivity index (χ3v) is 3.31. The first-order valence-electron chi connectivity index (χ1n) is 7.68. The minimum Gasteiger partial charge on any atom is -0.426 e. The van der Waals surface area contributed by atoms with Gasteiger partial charge < -0.3 is 9.53 Å². The van der Waals surface area contributed by atoms with E-state index in [1.807, 2.05) is 24.3 Å². The van der Waals surface area contributed by atoms with Crippen LogP contribution in [0.15, 0.2) is 60.7 Å². The van der Waals surface area contributed by atoms with E-state index in [0.717, 1.165) is 11.1 Å². The summed E-state index contributed by atoms with van der Waals surface area (Å²) in [5.41, 5.74) is 2.43. The number of benzene rings is 2. The van der Waals surface area contributed by atoms with E-state index in [4.69, 9.17) is 9.47 Å². The van der Waals surface area contributed by atoms with Crippen LogP contribution in [-0.2, 0) is 4.79 Å². The normalized spacial score (nSPS) is 10.3. The third-order valence-electron chi connectivity index (χ3n) is 3.31. The monoisotopic (exact) mass is 325 g/mol. The van der Waals surface area contributed by atoms with Gasteiger partial charge in [-0.2, -0.15) is 0 Å². The van der Waals surface area contributed by atoms with Crippen molar-refractivity contribution >= 4 is 11.9 Å². The summed E-state index contributed by atoms with van der Waals surface area (Å²) >= 11 is 0. The zero-order valence-electron chi connectivity index (χ0n) is 14.1. The maximum absolute atomic E-state index is 11.6. The summed E-state index contributed by atoms with van der Waals surface area (Å²) in [6.45, 7) is 8.86. The van der Waals surface area contributed by atoms with E-state index in [1.54, 1.807) is 45.0 Å². The molecule has 0 radical (unpaired) electrons. The van der Waals surface area contributed by atoms with Crippen LogP contribution in [0.2, 0.25) is 0 Å². The van der Waals surface area contributed by atoms with Crippen LogP contribution in [0.25, 0.3) is 11.1 Å². The molecule has 0 aromatic heterocycles. The Balaban J connectivity index is 2.08. The molecule has 2 aromatic rings. The van der Waals surface area contributed by atoms with Crippen molar-refractivity contribution in [1.29, 1.82) is 0 Å². The molecule has 0 atom stereocenters. The highest BCUT2D eigenvalue weighted by Gasteiger charge is 2.15. The molecule has 0 unspecified atom stereocenters. The van der Waals surface area contributed by atoms with Crippen LogP contribution in [0, 0.1) is 5.92 Å². The van der Waals surface area contributed by atoms with E-state index >= 15 is 0 Å². The van der Waals surface area contributed by atoms with Crippen molar-refractivity contribution in [1.82, 2.24) is 0 Å². The third kappa shape index (κ3) is 4.56. The van der Waals surface area contributed by atoms with Crippen LogP contribution in [0.3, 0.4) is 0 Å². The zero-order valence-corrected chi connectivity index (χ0v) is 14.1. The summed E-state index contributed by atoms with van der Waals surface area (Å²) in [5.74, 6) is 0.446. The van der Waals surface area contributed by atoms with Crippen LogP contribution in [-0.4, -0.2) is 16.7 Å². The second-order valence-corrected chi connectivity index (χ2v) is 5.81. The SMILES string of the molecule is C=C(C)C(=[OH+])Oc1ccc(-c2ccc(OC(=O)C(C)C)cc2)cc1. The van der Waals surface area contributed by atoms with Crippen LogP contribution < -0.4 is 9.47 Å². The second kappa shape index (κ2) is 7.59. The Morgan fingerprint density at radius 2 is 1.33 bits per heavy atom. The fraction of sp³-hybridized carbons (Fsp3) is 0.200. The van der Waals surface area contributed by atoms with E-state index in [0.29, 0.717) is 17.1 Å². The molecular formula is C20H21O4+. The van der Waals surface area contributed by atoms with Crippen LogP contribution >= 0.6 is 0 Å². The maximum atomic E-state index is 11.6. The zero-order chi connectivity index (χ0) is 17.7. The van der Waals surface area contributed by atoms with Crippen molar-refractivity contribution in [2.75, 3.05) is 0 Å². The minimum absolute atomic E-state index is 0.162. The number of carbonyl (C=O) groups is 1. The molecule has 0 bridgehead atoms. The Kier molecular flexibility index (Phi) is 5.53. The van der Waals surface area contributed by atoms with Crippen molar-refractivity contribution in [3.8, 4) is 22.6 Å². The first kappa shape index (κ1) is 17.5. The molecule has 0 spiro atoms. The number of esters is 2. The van der Waals surface area contributed by atoms with Crippen molar-refractivity contribution in [2.24, 2.45) is 5.92 Å². The van der Waals surface area contributed by atoms with Gasteiger partial charge in [0, 0.05) is 12.1 Å². The molecule has 2 aromatic carbocycles. The lowest BCUT2D eigenvalue weighted by atomic mass is 10.1. The first-order valence-corrected chi connectivity index (χ1v) is 7.68. The van der Waals surface area contributed by atoms with Gasteiger partial charge in [0.15, 0.2) is 0 Å². The smallest absolute Gasteiger partial charge is 0.426 e. The highest BCUT2D eigenvalue weighted by atomic mass is 16.5. The Labute approximate surface area is 141 Å². The maximum Gasteiger partial charge on any atom is 0.518 e. The van der Waals surface area contributed by atoms with Gasteiger partial charge in [0.1, 0.15) is 5.75 Å². The summed E-state index contributed by atoms with van der Waals surface area (Å²) < 4.78 is 10.5. The Morgan fingerprint density at radius 1 is 0.917 bits per heavy atom.